The summed E-state index contributed by atoms with van der Waals surface area (Å²) in [5.74, 6) is -0.231. The van der Waals surface area contributed by atoms with Gasteiger partial charge in [0.2, 0.25) is 0 Å². The zero-order valence-electron chi connectivity index (χ0n) is 26.5. The van der Waals surface area contributed by atoms with Crippen LogP contribution < -0.4 is 0 Å². The second-order valence-electron chi connectivity index (χ2n) is 12.6. The van der Waals surface area contributed by atoms with Gasteiger partial charge in [0.05, 0.1) is 0 Å². The van der Waals surface area contributed by atoms with Crippen LogP contribution in [0.15, 0.2) is 0 Å². The molecule has 0 radical (unpaired) electrons. The third kappa shape index (κ3) is 17.5. The Labute approximate surface area is 258 Å². The molecule has 1 atom stereocenters. The highest BCUT2D eigenvalue weighted by atomic mass is 32.2. The van der Waals surface area contributed by atoms with Crippen LogP contribution in [-0.2, 0) is 19.1 Å². The molecule has 1 heterocycles. The van der Waals surface area contributed by atoms with E-state index in [1.807, 2.05) is 0 Å². The van der Waals surface area contributed by atoms with Crippen molar-refractivity contribution in [2.24, 2.45) is 0 Å². The first-order chi connectivity index (χ1) is 19.1. The molecule has 40 heavy (non-hydrogen) atoms. The van der Waals surface area contributed by atoms with Gasteiger partial charge >= 0.3 is 11.9 Å². The van der Waals surface area contributed by atoms with Crippen molar-refractivity contribution in [2.75, 3.05) is 13.2 Å². The van der Waals surface area contributed by atoms with Crippen LogP contribution in [0.5, 0.6) is 0 Å². The van der Waals surface area contributed by atoms with Gasteiger partial charge in [-0.1, -0.05) is 117 Å². The second kappa shape index (κ2) is 22.2. The minimum atomic E-state index is -0.742. The number of thiol groups is 2. The van der Waals surface area contributed by atoms with Crippen LogP contribution in [0.2, 0.25) is 0 Å². The van der Waals surface area contributed by atoms with E-state index in [0.29, 0.717) is 38.8 Å². The highest BCUT2D eigenvalue weighted by Crippen LogP contribution is 2.44. The van der Waals surface area contributed by atoms with Crippen LogP contribution in [-0.4, -0.2) is 45.8 Å². The molecule has 0 spiro atoms. The first-order valence-corrected chi connectivity index (χ1v) is 17.6. The van der Waals surface area contributed by atoms with E-state index in [9.17, 15) is 9.59 Å². The first kappa shape index (κ1) is 37.6. The van der Waals surface area contributed by atoms with Crippen LogP contribution in [0.4, 0.5) is 0 Å². The van der Waals surface area contributed by atoms with Gasteiger partial charge in [-0.05, 0) is 26.7 Å². The molecule has 1 aliphatic heterocycles. The third-order valence-electron chi connectivity index (χ3n) is 8.24. The van der Waals surface area contributed by atoms with Gasteiger partial charge in [-0.2, -0.15) is 0 Å². The summed E-state index contributed by atoms with van der Waals surface area (Å²) < 4.78 is 10.7. The largest absolute Gasteiger partial charge is 0.464 e. The van der Waals surface area contributed by atoms with E-state index >= 15 is 0 Å². The molecule has 0 aromatic heterocycles. The number of ether oxygens (including phenoxy) is 2. The molecule has 1 fully saturated rings. The summed E-state index contributed by atoms with van der Waals surface area (Å²) in [6, 6.07) is 0. The lowest BCUT2D eigenvalue weighted by molar-refractivity contribution is -0.157. The number of likely N-dealkylation sites (tertiary alicyclic amines) is 1. The molecule has 1 saturated heterocycles. The van der Waals surface area contributed by atoms with Gasteiger partial charge in [-0.25, -0.2) is 0 Å². The minimum Gasteiger partial charge on any atom is -0.464 e. The minimum absolute atomic E-state index is 0.111. The zero-order valence-corrected chi connectivity index (χ0v) is 28.3. The number of hydrogen-bond donors (Lipinski definition) is 2. The van der Waals surface area contributed by atoms with Gasteiger partial charge in [-0.15, -0.1) is 25.3 Å². The van der Waals surface area contributed by atoms with Crippen molar-refractivity contribution in [2.45, 2.75) is 185 Å². The fourth-order valence-electron chi connectivity index (χ4n) is 5.93. The van der Waals surface area contributed by atoms with E-state index in [-0.39, 0.29) is 23.6 Å². The summed E-state index contributed by atoms with van der Waals surface area (Å²) in [4.78, 5) is 26.9. The monoisotopic (exact) mass is 601 g/mol. The normalized spacial score (nSPS) is 18.5. The number of hydrogen-bond acceptors (Lipinski definition) is 7. The summed E-state index contributed by atoms with van der Waals surface area (Å²) in [5.41, 5.74) is -0.284. The van der Waals surface area contributed by atoms with Crippen molar-refractivity contribution in [3.05, 3.63) is 0 Å². The Balaban J connectivity index is 2.24. The molecule has 1 rings (SSSR count). The molecule has 1 aliphatic rings. The predicted octanol–water partition coefficient (Wildman–Crippen LogP) is 9.67. The summed E-state index contributed by atoms with van der Waals surface area (Å²) in [6.07, 6.45) is 24.2. The van der Waals surface area contributed by atoms with Crippen molar-refractivity contribution >= 4 is 37.2 Å². The van der Waals surface area contributed by atoms with E-state index in [2.05, 4.69) is 32.6 Å². The molecule has 5 nitrogen and oxygen atoms in total. The fourth-order valence-corrected chi connectivity index (χ4v) is 7.08. The Morgan fingerprint density at radius 1 is 0.675 bits per heavy atom. The average molecular weight is 602 g/mol. The van der Waals surface area contributed by atoms with Gasteiger partial charge in [0, 0.05) is 37.8 Å². The number of nitrogens with zero attached hydrogens (tertiary/aromatic N) is 1. The number of carbonyl (C=O) groups is 2. The van der Waals surface area contributed by atoms with E-state index < -0.39 is 4.20 Å². The molecular formula is C33H63NO4S2. The molecule has 1 unspecified atom stereocenters. The lowest BCUT2D eigenvalue weighted by Crippen LogP contribution is -2.61. The Bertz CT molecular complexity index is 653. The van der Waals surface area contributed by atoms with Gasteiger partial charge in [-0.3, -0.25) is 14.5 Å². The molecule has 0 amide bonds. The number of esters is 2. The average Bonchev–Trinajstić information content (AvgIpc) is 2.87. The second-order valence-corrected chi connectivity index (χ2v) is 14.5. The van der Waals surface area contributed by atoms with Crippen LogP contribution in [0.3, 0.4) is 0 Å². The van der Waals surface area contributed by atoms with E-state index in [1.54, 1.807) is 0 Å². The number of rotatable bonds is 24. The molecule has 7 heteroatoms. The van der Waals surface area contributed by atoms with Crippen molar-refractivity contribution < 1.29 is 19.1 Å². The maximum absolute atomic E-state index is 12.5. The van der Waals surface area contributed by atoms with Crippen LogP contribution in [0.1, 0.15) is 169 Å². The topological polar surface area (TPSA) is 55.8 Å². The van der Waals surface area contributed by atoms with E-state index in [0.717, 1.165) is 25.7 Å². The molecule has 0 aromatic rings. The van der Waals surface area contributed by atoms with Crippen LogP contribution >= 0.6 is 25.3 Å². The summed E-state index contributed by atoms with van der Waals surface area (Å²) in [7, 11) is 0. The molecule has 0 aromatic carbocycles. The SMILES string of the molecule is CCCCCCCCCCCC(=O)OCCN1C(C)(C)CC(OC(=O)CCCCCCCCCCC)CC1(S)S. The maximum Gasteiger partial charge on any atom is 0.306 e. The Hall–Kier alpha value is -0.400. The standard InChI is InChI=1S/C33H63NO4S2/c1-5-7-9-11-13-15-17-19-21-23-30(35)37-26-25-34-32(3,4)27-29(28-33(34,39)40)38-31(36)24-22-20-18-16-14-12-10-8-6-2/h29,39-40H,5-28H2,1-4H3. The Kier molecular flexibility index (Phi) is 20.9. The van der Waals surface area contributed by atoms with Crippen LogP contribution in [0.25, 0.3) is 0 Å². The smallest absolute Gasteiger partial charge is 0.306 e. The fraction of sp³-hybridized carbons (Fsp3) is 0.939. The lowest BCUT2D eigenvalue weighted by atomic mass is 9.88. The first-order valence-electron chi connectivity index (χ1n) is 16.7. The summed E-state index contributed by atoms with van der Waals surface area (Å²) in [5, 5.41) is 0. The van der Waals surface area contributed by atoms with E-state index in [1.165, 1.54) is 89.9 Å². The molecule has 0 saturated carbocycles. The van der Waals surface area contributed by atoms with E-state index in [4.69, 9.17) is 34.7 Å². The molecule has 0 N–H and O–H groups in total. The Morgan fingerprint density at radius 2 is 1.10 bits per heavy atom. The molecule has 0 bridgehead atoms. The van der Waals surface area contributed by atoms with Gasteiger partial charge in [0.15, 0.2) is 0 Å². The maximum atomic E-state index is 12.5. The molecular weight excluding hydrogens is 539 g/mol. The van der Waals surface area contributed by atoms with Gasteiger partial charge < -0.3 is 9.47 Å². The highest BCUT2D eigenvalue weighted by Gasteiger charge is 2.47. The number of carbonyl (C=O) groups excluding carboxylic acids is 2. The van der Waals surface area contributed by atoms with Crippen molar-refractivity contribution in [3.63, 3.8) is 0 Å². The van der Waals surface area contributed by atoms with Crippen molar-refractivity contribution in [1.82, 2.24) is 4.90 Å². The van der Waals surface area contributed by atoms with Crippen molar-refractivity contribution in [3.8, 4) is 0 Å². The summed E-state index contributed by atoms with van der Waals surface area (Å²) >= 11 is 9.69. The number of piperidine rings is 1. The molecule has 236 valence electrons. The van der Waals surface area contributed by atoms with Crippen LogP contribution in [0, 0.1) is 0 Å². The Morgan fingerprint density at radius 3 is 1.55 bits per heavy atom. The summed E-state index contributed by atoms with van der Waals surface area (Å²) in [6.45, 7) is 9.62. The lowest BCUT2D eigenvalue weighted by Gasteiger charge is -2.53. The predicted molar refractivity (Wildman–Crippen MR) is 175 cm³/mol. The number of unbranched alkanes of at least 4 members (excludes halogenated alkanes) is 16. The van der Waals surface area contributed by atoms with Crippen molar-refractivity contribution in [1.29, 1.82) is 0 Å². The third-order valence-corrected chi connectivity index (χ3v) is 9.08. The van der Waals surface area contributed by atoms with Gasteiger partial charge in [0.1, 0.15) is 16.9 Å². The highest BCUT2D eigenvalue weighted by molar-refractivity contribution is 8.00. The van der Waals surface area contributed by atoms with Gasteiger partial charge in [0.25, 0.3) is 0 Å². The zero-order chi connectivity index (χ0) is 29.7. The molecule has 0 aliphatic carbocycles. The quantitative estimate of drug-likeness (QED) is 0.0499.